The number of halogens is 2. The summed E-state index contributed by atoms with van der Waals surface area (Å²) in [6, 6.07) is -0.0999. The molecule has 0 radical (unpaired) electrons. The van der Waals surface area contributed by atoms with Gasteiger partial charge in [0.25, 0.3) is 0 Å². The van der Waals surface area contributed by atoms with Crippen LogP contribution in [0.1, 0.15) is 90.9 Å². The summed E-state index contributed by atoms with van der Waals surface area (Å²) >= 11 is 13.6. The fourth-order valence-corrected chi connectivity index (χ4v) is 8.79. The molecule has 4 N–H and O–H groups in total. The first-order valence-electron chi connectivity index (χ1n) is 15.4. The van der Waals surface area contributed by atoms with Crippen LogP contribution in [0.15, 0.2) is 0 Å². The maximum atomic E-state index is 13.1. The van der Waals surface area contributed by atoms with Gasteiger partial charge >= 0.3 is 11.9 Å². The van der Waals surface area contributed by atoms with Crippen molar-refractivity contribution in [1.82, 2.24) is 10.8 Å². The van der Waals surface area contributed by atoms with Gasteiger partial charge < -0.3 is 20.4 Å². The van der Waals surface area contributed by atoms with E-state index in [9.17, 15) is 24.6 Å². The third-order valence-corrected chi connectivity index (χ3v) is 11.4. The van der Waals surface area contributed by atoms with Crippen LogP contribution in [0.4, 0.5) is 0 Å². The first kappa shape index (κ1) is 31.8. The van der Waals surface area contributed by atoms with E-state index in [1.54, 1.807) is 0 Å². The molecule has 4 aliphatic rings. The molecule has 4 rings (SSSR count). The van der Waals surface area contributed by atoms with Crippen LogP contribution >= 0.6 is 23.2 Å². The van der Waals surface area contributed by atoms with Crippen molar-refractivity contribution < 1.29 is 29.4 Å². The van der Waals surface area contributed by atoms with Gasteiger partial charge in [-0.05, 0) is 107 Å². The van der Waals surface area contributed by atoms with Gasteiger partial charge in [-0.1, -0.05) is 13.8 Å². The van der Waals surface area contributed by atoms with E-state index >= 15 is 0 Å². The lowest BCUT2D eigenvalue weighted by molar-refractivity contribution is -0.149. The predicted molar refractivity (Wildman–Crippen MR) is 154 cm³/mol. The number of carboxylic acids is 2. The Morgan fingerprint density at radius 2 is 1.25 bits per heavy atom. The van der Waals surface area contributed by atoms with Gasteiger partial charge in [0, 0.05) is 12.1 Å². The van der Waals surface area contributed by atoms with Crippen molar-refractivity contribution in [1.29, 1.82) is 0 Å². The molecule has 12 unspecified atom stereocenters. The molecule has 0 aromatic carbocycles. The molecule has 0 aromatic heterocycles. The highest BCUT2D eigenvalue weighted by Crippen LogP contribution is 2.42. The molecule has 8 nitrogen and oxygen atoms in total. The van der Waals surface area contributed by atoms with Gasteiger partial charge in [-0.2, -0.15) is 5.48 Å². The monoisotopic (exact) mass is 602 g/mol. The molecule has 1 amide bonds. The molecule has 0 aliphatic heterocycles. The number of alkyl halides is 2. The summed E-state index contributed by atoms with van der Waals surface area (Å²) in [7, 11) is 0. The molecule has 0 aromatic rings. The third kappa shape index (κ3) is 8.05. The number of aliphatic carboxylic acids is 2. The van der Waals surface area contributed by atoms with Gasteiger partial charge in [0.05, 0.1) is 35.1 Å². The highest BCUT2D eigenvalue weighted by atomic mass is 35.5. The zero-order valence-corrected chi connectivity index (χ0v) is 25.4. The van der Waals surface area contributed by atoms with Crippen molar-refractivity contribution in [2.75, 3.05) is 6.61 Å². The van der Waals surface area contributed by atoms with Crippen molar-refractivity contribution >= 4 is 41.0 Å². The van der Waals surface area contributed by atoms with Gasteiger partial charge in [0.15, 0.2) is 0 Å². The van der Waals surface area contributed by atoms with Crippen LogP contribution in [-0.4, -0.2) is 57.5 Å². The van der Waals surface area contributed by atoms with Crippen molar-refractivity contribution in [3.05, 3.63) is 0 Å². The summed E-state index contributed by atoms with van der Waals surface area (Å²) in [5.74, 6) is -1.39. The van der Waals surface area contributed by atoms with E-state index in [0.29, 0.717) is 49.5 Å². The second-order valence-electron chi connectivity index (χ2n) is 13.4. The lowest BCUT2D eigenvalue weighted by Gasteiger charge is -2.42. The zero-order chi connectivity index (χ0) is 29.0. The first-order valence-corrected chi connectivity index (χ1v) is 16.3. The number of carbonyl (C=O) groups is 3. The van der Waals surface area contributed by atoms with Gasteiger partial charge in [-0.15, -0.1) is 23.2 Å². The Labute approximate surface area is 248 Å². The third-order valence-electron chi connectivity index (χ3n) is 10.5. The van der Waals surface area contributed by atoms with E-state index in [1.165, 1.54) is 0 Å². The van der Waals surface area contributed by atoms with Gasteiger partial charge in [0.2, 0.25) is 5.91 Å². The lowest BCUT2D eigenvalue weighted by atomic mass is 9.71. The van der Waals surface area contributed by atoms with Gasteiger partial charge in [-0.25, -0.2) is 0 Å². The number of carboxylic acid groups (broad SMARTS) is 2. The highest BCUT2D eigenvalue weighted by Gasteiger charge is 2.42. The van der Waals surface area contributed by atoms with Crippen LogP contribution in [0.2, 0.25) is 0 Å². The van der Waals surface area contributed by atoms with E-state index in [2.05, 4.69) is 24.6 Å². The molecule has 0 heterocycles. The standard InChI is InChI=1S/C30H48Cl2N2O6/c1-16-3-7-21(29(36)37)20(11-16)15-40-34-27-10-6-19(14-25(27)32)18-5-9-26(24(31)13-18)33-28(35)23-12-17(2)4-8-22(23)30(38)39/h16-27,34H,3-15H2,1-2H3,(H,33,35)(H,36,37)(H,38,39). The molecule has 4 aliphatic carbocycles. The molecule has 10 heteroatoms. The van der Waals surface area contributed by atoms with Crippen LogP contribution in [0.5, 0.6) is 0 Å². The number of hydrogen-bond donors (Lipinski definition) is 4. The molecule has 0 saturated heterocycles. The summed E-state index contributed by atoms with van der Waals surface area (Å²) in [6.45, 7) is 4.65. The highest BCUT2D eigenvalue weighted by molar-refractivity contribution is 6.21. The molecule has 228 valence electrons. The Hall–Kier alpha value is -1.09. The average molecular weight is 604 g/mol. The van der Waals surface area contributed by atoms with E-state index in [4.69, 9.17) is 28.0 Å². The van der Waals surface area contributed by atoms with Crippen LogP contribution in [0, 0.1) is 47.3 Å². The number of carbonyl (C=O) groups excluding carboxylic acids is 1. The Bertz CT molecular complexity index is 892. The smallest absolute Gasteiger partial charge is 0.307 e. The minimum absolute atomic E-state index is 0.0201. The molecule has 4 saturated carbocycles. The quantitative estimate of drug-likeness (QED) is 0.204. The molecule has 40 heavy (non-hydrogen) atoms. The van der Waals surface area contributed by atoms with Crippen molar-refractivity contribution in [3.8, 4) is 0 Å². The summed E-state index contributed by atoms with van der Waals surface area (Å²) in [5.41, 5.74) is 3.16. The molecule has 4 fully saturated rings. The SMILES string of the molecule is CC1CCC(C(=O)O)C(CONC2CCC(C3CCC(NC(=O)C4CC(C)CCC4C(=O)O)C(Cl)C3)CC2Cl)C1. The molecule has 0 spiro atoms. The average Bonchev–Trinajstić information content (AvgIpc) is 2.90. The maximum Gasteiger partial charge on any atom is 0.307 e. The Morgan fingerprint density at radius 3 is 1.82 bits per heavy atom. The van der Waals surface area contributed by atoms with E-state index < -0.39 is 23.8 Å². The van der Waals surface area contributed by atoms with Gasteiger partial charge in [0.1, 0.15) is 0 Å². The van der Waals surface area contributed by atoms with Crippen LogP contribution in [-0.2, 0) is 19.2 Å². The Morgan fingerprint density at radius 1 is 0.700 bits per heavy atom. The van der Waals surface area contributed by atoms with Crippen LogP contribution < -0.4 is 10.8 Å². The largest absolute Gasteiger partial charge is 0.481 e. The number of hydroxylamine groups is 1. The summed E-state index contributed by atoms with van der Waals surface area (Å²) in [5, 5.41) is 22.0. The molecular weight excluding hydrogens is 555 g/mol. The van der Waals surface area contributed by atoms with E-state index in [1.807, 2.05) is 0 Å². The fourth-order valence-electron chi connectivity index (χ4n) is 7.97. The minimum atomic E-state index is -0.877. The molecule has 12 atom stereocenters. The van der Waals surface area contributed by atoms with E-state index in [0.717, 1.165) is 57.8 Å². The maximum absolute atomic E-state index is 13.1. The number of nitrogens with one attached hydrogen (secondary N) is 2. The Balaban J connectivity index is 1.20. The molecular formula is C30H48Cl2N2O6. The van der Waals surface area contributed by atoms with Crippen molar-refractivity contribution in [2.45, 2.75) is 114 Å². The predicted octanol–water partition coefficient (Wildman–Crippen LogP) is 5.45. The lowest BCUT2D eigenvalue weighted by Crippen LogP contribution is -2.50. The zero-order valence-electron chi connectivity index (χ0n) is 23.9. The summed E-state index contributed by atoms with van der Waals surface area (Å²) < 4.78 is 0. The summed E-state index contributed by atoms with van der Waals surface area (Å²) in [6.07, 6.45) is 9.91. The Kier molecular flexibility index (Phi) is 11.5. The normalized spacial score (nSPS) is 42.6. The van der Waals surface area contributed by atoms with Crippen molar-refractivity contribution in [3.63, 3.8) is 0 Å². The minimum Gasteiger partial charge on any atom is -0.481 e. The van der Waals surface area contributed by atoms with Crippen LogP contribution in [0.3, 0.4) is 0 Å². The number of hydrogen-bond acceptors (Lipinski definition) is 5. The first-order chi connectivity index (χ1) is 19.0. The fraction of sp³-hybridized carbons (Fsp3) is 0.900. The second kappa shape index (κ2) is 14.4. The summed E-state index contributed by atoms with van der Waals surface area (Å²) in [4.78, 5) is 42.3. The van der Waals surface area contributed by atoms with Crippen LogP contribution in [0.25, 0.3) is 0 Å². The van der Waals surface area contributed by atoms with Gasteiger partial charge in [-0.3, -0.25) is 14.4 Å². The topological polar surface area (TPSA) is 125 Å². The number of amides is 1. The van der Waals surface area contributed by atoms with Crippen molar-refractivity contribution in [2.24, 2.45) is 47.3 Å². The number of rotatable bonds is 9. The van der Waals surface area contributed by atoms with E-state index in [-0.39, 0.29) is 40.6 Å². The second-order valence-corrected chi connectivity index (χ2v) is 14.5. The molecule has 0 bridgehead atoms.